The summed E-state index contributed by atoms with van der Waals surface area (Å²) in [5, 5.41) is 2.96. The summed E-state index contributed by atoms with van der Waals surface area (Å²) >= 11 is 0. The second kappa shape index (κ2) is 8.62. The molecule has 1 aliphatic rings. The van der Waals surface area contributed by atoms with Gasteiger partial charge in [-0.3, -0.25) is 4.79 Å². The minimum absolute atomic E-state index is 0.0292. The fraction of sp³-hybridized carbons (Fsp3) is 0.286. The Morgan fingerprint density at radius 1 is 1.07 bits per heavy atom. The number of rotatable bonds is 7. The topological polar surface area (TPSA) is 120 Å². The molecular formula is C21H26NO7P+2. The van der Waals surface area contributed by atoms with Gasteiger partial charge in [0.1, 0.15) is 6.73 Å². The fourth-order valence-electron chi connectivity index (χ4n) is 3.61. The zero-order chi connectivity index (χ0) is 22.1. The van der Waals surface area contributed by atoms with E-state index in [1.165, 1.54) is 0 Å². The van der Waals surface area contributed by atoms with Crippen molar-refractivity contribution < 1.29 is 33.1 Å². The van der Waals surface area contributed by atoms with Crippen LogP contribution in [-0.4, -0.2) is 36.5 Å². The molecule has 160 valence electrons. The van der Waals surface area contributed by atoms with Crippen LogP contribution in [0.5, 0.6) is 11.5 Å². The summed E-state index contributed by atoms with van der Waals surface area (Å²) < 4.78 is 26.4. The lowest BCUT2D eigenvalue weighted by molar-refractivity contribution is 0.104. The minimum atomic E-state index is -4.04. The van der Waals surface area contributed by atoms with E-state index < -0.39 is 7.82 Å². The van der Waals surface area contributed by atoms with Crippen molar-refractivity contribution in [3.05, 3.63) is 57.7 Å². The van der Waals surface area contributed by atoms with Crippen molar-refractivity contribution in [2.24, 2.45) is 0 Å². The molecule has 0 heterocycles. The third kappa shape index (κ3) is 4.74. The molecule has 0 radical (unpaired) electrons. The molecule has 0 bridgehead atoms. The van der Waals surface area contributed by atoms with Crippen molar-refractivity contribution in [2.75, 3.05) is 26.3 Å². The molecule has 1 aliphatic carbocycles. The molecule has 0 atom stereocenters. The van der Waals surface area contributed by atoms with Gasteiger partial charge in [-0.2, -0.15) is 4.52 Å². The molecule has 2 aromatic carbocycles. The van der Waals surface area contributed by atoms with E-state index in [0.29, 0.717) is 29.1 Å². The monoisotopic (exact) mass is 435 g/mol. The molecule has 0 spiro atoms. The summed E-state index contributed by atoms with van der Waals surface area (Å²) in [5.41, 5.74) is 5.69. The molecule has 0 saturated carbocycles. The largest absolute Gasteiger partial charge is 0.789 e. The first kappa shape index (κ1) is 22.1. The number of ether oxygens (including phenoxy) is 2. The van der Waals surface area contributed by atoms with E-state index in [0.717, 1.165) is 27.9 Å². The van der Waals surface area contributed by atoms with Crippen LogP contribution in [0.25, 0.3) is 6.08 Å². The van der Waals surface area contributed by atoms with Crippen molar-refractivity contribution in [3.63, 3.8) is 0 Å². The van der Waals surface area contributed by atoms with Gasteiger partial charge in [0.15, 0.2) is 17.3 Å². The Morgan fingerprint density at radius 3 is 2.23 bits per heavy atom. The number of hydrogen-bond donors (Lipinski definition) is 1. The van der Waals surface area contributed by atoms with Gasteiger partial charge in [0, 0.05) is 23.2 Å². The Hall–Kier alpha value is -2.64. The molecule has 0 fully saturated rings. The highest BCUT2D eigenvalue weighted by Gasteiger charge is 2.30. The number of nitrogens with one attached hydrogen (secondary N) is 1. The maximum absolute atomic E-state index is 12.9. The van der Waals surface area contributed by atoms with Crippen LogP contribution in [0, 0.1) is 13.8 Å². The van der Waals surface area contributed by atoms with Crippen LogP contribution >= 0.6 is 7.82 Å². The molecule has 3 rings (SSSR count). The average Bonchev–Trinajstić information content (AvgIpc) is 2.96. The maximum Gasteiger partial charge on any atom is 0.789 e. The number of aryl methyl sites for hydroxylation is 2. The lowest BCUT2D eigenvalue weighted by Gasteiger charge is -2.13. The summed E-state index contributed by atoms with van der Waals surface area (Å²) in [7, 11) is -0.930. The van der Waals surface area contributed by atoms with Gasteiger partial charge in [-0.1, -0.05) is 0 Å². The minimum Gasteiger partial charge on any atom is -0.493 e. The van der Waals surface area contributed by atoms with Crippen LogP contribution in [-0.2, 0) is 15.5 Å². The normalized spacial score (nSPS) is 14.7. The van der Waals surface area contributed by atoms with E-state index >= 15 is 0 Å². The third-order valence-electron chi connectivity index (χ3n) is 4.92. The van der Waals surface area contributed by atoms with E-state index in [9.17, 15) is 9.36 Å². The zero-order valence-corrected chi connectivity index (χ0v) is 18.2. The molecule has 0 unspecified atom stereocenters. The highest BCUT2D eigenvalue weighted by Crippen LogP contribution is 2.38. The summed E-state index contributed by atoms with van der Waals surface area (Å²) in [5.74, 6) is 1.10. The second-order valence-corrected chi connectivity index (χ2v) is 8.43. The number of benzene rings is 2. The first-order chi connectivity index (χ1) is 14.1. The summed E-state index contributed by atoms with van der Waals surface area (Å²) in [6.45, 7) is 3.61. The van der Waals surface area contributed by atoms with Crippen molar-refractivity contribution in [3.8, 4) is 11.5 Å². The van der Waals surface area contributed by atoms with Crippen LogP contribution in [0.2, 0.25) is 0 Å². The quantitative estimate of drug-likeness (QED) is 0.309. The Morgan fingerprint density at radius 2 is 1.67 bits per heavy atom. The smallest absolute Gasteiger partial charge is 0.493 e. The van der Waals surface area contributed by atoms with Gasteiger partial charge in [-0.05, 0) is 66.4 Å². The van der Waals surface area contributed by atoms with E-state index in [4.69, 9.17) is 19.3 Å². The SMILES string of the molecule is COc1cc2c(cc1OC)C(=O)/C(=C/c1cc(C)c(NCOP(=O)([OH2+])[OH2+])c(C)c1)C2. The Balaban J connectivity index is 1.85. The Labute approximate surface area is 174 Å². The van der Waals surface area contributed by atoms with E-state index in [-0.39, 0.29) is 12.5 Å². The number of Topliss-reactive ketones (excluding diaryl/α,β-unsaturated/α-hetero) is 1. The molecule has 5 N–H and O–H groups in total. The first-order valence-electron chi connectivity index (χ1n) is 9.23. The van der Waals surface area contributed by atoms with Gasteiger partial charge in [0.25, 0.3) is 0 Å². The van der Waals surface area contributed by atoms with Crippen LogP contribution < -0.4 is 14.8 Å². The first-order valence-corrected chi connectivity index (χ1v) is 10.9. The van der Waals surface area contributed by atoms with Gasteiger partial charge in [0.05, 0.1) is 14.2 Å². The molecule has 30 heavy (non-hydrogen) atoms. The number of anilines is 1. The predicted molar refractivity (Wildman–Crippen MR) is 116 cm³/mol. The molecule has 0 amide bonds. The Bertz CT molecular complexity index is 1050. The van der Waals surface area contributed by atoms with Crippen LogP contribution in [0.15, 0.2) is 29.8 Å². The fourth-order valence-corrected chi connectivity index (χ4v) is 3.86. The van der Waals surface area contributed by atoms with Gasteiger partial charge < -0.3 is 24.6 Å². The zero-order valence-electron chi connectivity index (χ0n) is 17.3. The van der Waals surface area contributed by atoms with E-state index in [1.807, 2.05) is 38.1 Å². The molecule has 8 nitrogen and oxygen atoms in total. The molecule has 0 aliphatic heterocycles. The van der Waals surface area contributed by atoms with Gasteiger partial charge in [-0.15, -0.1) is 4.57 Å². The molecule has 0 aromatic heterocycles. The van der Waals surface area contributed by atoms with E-state index in [1.54, 1.807) is 20.3 Å². The number of fused-ring (bicyclic) bond motifs is 1. The van der Waals surface area contributed by atoms with Gasteiger partial charge in [-0.25, -0.2) is 0 Å². The van der Waals surface area contributed by atoms with Crippen LogP contribution in [0.4, 0.5) is 5.69 Å². The van der Waals surface area contributed by atoms with Crippen molar-refractivity contribution >= 4 is 25.4 Å². The highest BCUT2D eigenvalue weighted by atomic mass is 31.2. The lowest BCUT2D eigenvalue weighted by Crippen LogP contribution is -2.07. The van der Waals surface area contributed by atoms with Crippen LogP contribution in [0.1, 0.15) is 32.6 Å². The second-order valence-electron chi connectivity index (χ2n) is 7.07. The molecule has 9 heteroatoms. The molecular weight excluding hydrogens is 409 g/mol. The number of carbonyl (C=O) groups excluding carboxylic acids is 1. The van der Waals surface area contributed by atoms with Crippen LogP contribution in [0.3, 0.4) is 0 Å². The number of carbonyl (C=O) groups is 1. The summed E-state index contributed by atoms with van der Waals surface area (Å²) in [4.78, 5) is 26.9. The Kier molecular flexibility index (Phi) is 6.33. The number of hydrogen-bond acceptors (Lipinski definition) is 6. The maximum atomic E-state index is 12.9. The summed E-state index contributed by atoms with van der Waals surface area (Å²) in [6, 6.07) is 7.42. The van der Waals surface area contributed by atoms with Gasteiger partial charge >= 0.3 is 7.82 Å². The number of allylic oxidation sites excluding steroid dienone is 1. The van der Waals surface area contributed by atoms with Crippen molar-refractivity contribution in [1.29, 1.82) is 0 Å². The van der Waals surface area contributed by atoms with E-state index in [2.05, 4.69) is 9.84 Å². The number of ketones is 1. The van der Waals surface area contributed by atoms with Crippen molar-refractivity contribution in [1.82, 2.24) is 0 Å². The molecule has 2 aromatic rings. The lowest BCUT2D eigenvalue weighted by atomic mass is 10.0. The third-order valence-corrected chi connectivity index (χ3v) is 5.41. The number of methoxy groups -OCH3 is 2. The standard InChI is InChI=1S/C21H24NO7P/c1-12-5-14(6-13(2)20(12)22-11-29-30(24,25)26)7-16-8-15-9-18(27-3)19(28-4)10-17(15)21(16)23/h5-7,9-10,22H,8,11H2,1-4H3,(H2,24,25,26)/p+2/b16-7+. The average molecular weight is 435 g/mol. The summed E-state index contributed by atoms with van der Waals surface area (Å²) in [6.07, 6.45) is 2.39. The predicted octanol–water partition coefficient (Wildman–Crippen LogP) is 3.09. The highest BCUT2D eigenvalue weighted by molar-refractivity contribution is 7.46. The molecule has 0 saturated heterocycles. The van der Waals surface area contributed by atoms with Gasteiger partial charge in [0.2, 0.25) is 0 Å². The van der Waals surface area contributed by atoms with Crippen molar-refractivity contribution in [2.45, 2.75) is 20.3 Å².